The smallest absolute Gasteiger partial charge is 0.407 e. The normalized spacial score (nSPS) is 10.2. The van der Waals surface area contributed by atoms with E-state index < -0.39 is 6.09 Å². The highest BCUT2D eigenvalue weighted by Gasteiger charge is 2.11. The van der Waals surface area contributed by atoms with Crippen molar-refractivity contribution >= 4 is 17.5 Å². The van der Waals surface area contributed by atoms with Crippen LogP contribution in [0.2, 0.25) is 0 Å². The molecule has 0 bridgehead atoms. The van der Waals surface area contributed by atoms with Crippen LogP contribution in [0.5, 0.6) is 0 Å². The molecule has 5 nitrogen and oxygen atoms in total. The highest BCUT2D eigenvalue weighted by Crippen LogP contribution is 2.19. The molecule has 0 aromatic heterocycles. The number of nitrogen functional groups attached to an aromatic ring is 1. The van der Waals surface area contributed by atoms with Crippen LogP contribution in [0.3, 0.4) is 0 Å². The van der Waals surface area contributed by atoms with Gasteiger partial charge in [0.15, 0.2) is 0 Å². The monoisotopic (exact) mass is 299 g/mol. The van der Waals surface area contributed by atoms with Crippen molar-refractivity contribution in [2.24, 2.45) is 0 Å². The lowest BCUT2D eigenvalue weighted by Crippen LogP contribution is -2.35. The average Bonchev–Trinajstić information content (AvgIpc) is 2.52. The van der Waals surface area contributed by atoms with Crippen LogP contribution in [-0.4, -0.2) is 36.2 Å². The van der Waals surface area contributed by atoms with Crippen molar-refractivity contribution in [2.75, 3.05) is 30.8 Å². The molecule has 2 aromatic carbocycles. The van der Waals surface area contributed by atoms with Gasteiger partial charge in [0.05, 0.1) is 0 Å². The van der Waals surface area contributed by atoms with Crippen molar-refractivity contribution in [3.05, 3.63) is 60.2 Å². The van der Waals surface area contributed by atoms with Crippen molar-refractivity contribution in [1.29, 1.82) is 0 Å². The Kier molecular flexibility index (Phi) is 5.25. The first-order chi connectivity index (χ1) is 10.6. The Morgan fingerprint density at radius 3 is 2.45 bits per heavy atom. The van der Waals surface area contributed by atoms with Gasteiger partial charge in [-0.25, -0.2) is 4.79 Å². The summed E-state index contributed by atoms with van der Waals surface area (Å²) in [4.78, 5) is 14.4. The molecule has 0 aliphatic heterocycles. The first kappa shape index (κ1) is 15.7. The standard InChI is InChI=1S/C17H21N3O2/c1-19(17(21)22)10-11-20(13-14-6-3-2-4-7-14)16-9-5-8-15(18)12-16/h2-9,12H,10-11,13,18H2,1H3,(H,21,22). The number of anilines is 2. The van der Waals surface area contributed by atoms with Gasteiger partial charge in [0, 0.05) is 38.1 Å². The molecule has 116 valence electrons. The molecule has 0 spiro atoms. The van der Waals surface area contributed by atoms with Crippen LogP contribution in [0.15, 0.2) is 54.6 Å². The first-order valence-corrected chi connectivity index (χ1v) is 7.15. The maximum Gasteiger partial charge on any atom is 0.407 e. The Balaban J connectivity index is 2.15. The number of hydrogen-bond donors (Lipinski definition) is 2. The van der Waals surface area contributed by atoms with Gasteiger partial charge in [-0.15, -0.1) is 0 Å². The number of rotatable bonds is 6. The van der Waals surface area contributed by atoms with E-state index in [9.17, 15) is 4.79 Å². The first-order valence-electron chi connectivity index (χ1n) is 7.15. The Labute approximate surface area is 130 Å². The fraction of sp³-hybridized carbons (Fsp3) is 0.235. The van der Waals surface area contributed by atoms with E-state index in [1.54, 1.807) is 7.05 Å². The van der Waals surface area contributed by atoms with Gasteiger partial charge >= 0.3 is 6.09 Å². The third-order valence-electron chi connectivity index (χ3n) is 3.48. The van der Waals surface area contributed by atoms with Crippen LogP contribution in [0.4, 0.5) is 16.2 Å². The maximum absolute atomic E-state index is 10.9. The summed E-state index contributed by atoms with van der Waals surface area (Å²) in [6.45, 7) is 1.73. The summed E-state index contributed by atoms with van der Waals surface area (Å²) in [5, 5.41) is 8.99. The van der Waals surface area contributed by atoms with Crippen LogP contribution >= 0.6 is 0 Å². The Morgan fingerprint density at radius 2 is 1.82 bits per heavy atom. The number of carboxylic acid groups (broad SMARTS) is 1. The van der Waals surface area contributed by atoms with E-state index in [-0.39, 0.29) is 0 Å². The predicted molar refractivity (Wildman–Crippen MR) is 89.0 cm³/mol. The summed E-state index contributed by atoms with van der Waals surface area (Å²) in [6.07, 6.45) is -0.924. The summed E-state index contributed by atoms with van der Waals surface area (Å²) < 4.78 is 0. The lowest BCUT2D eigenvalue weighted by molar-refractivity contribution is 0.157. The quantitative estimate of drug-likeness (QED) is 0.805. The van der Waals surface area contributed by atoms with Gasteiger partial charge in [0.1, 0.15) is 0 Å². The highest BCUT2D eigenvalue weighted by atomic mass is 16.4. The van der Waals surface area contributed by atoms with Crippen molar-refractivity contribution < 1.29 is 9.90 Å². The van der Waals surface area contributed by atoms with Gasteiger partial charge in [-0.1, -0.05) is 36.4 Å². The second-order valence-electron chi connectivity index (χ2n) is 5.21. The van der Waals surface area contributed by atoms with Crippen LogP contribution in [0.1, 0.15) is 5.56 Å². The maximum atomic E-state index is 10.9. The van der Waals surface area contributed by atoms with Gasteiger partial charge < -0.3 is 20.6 Å². The number of nitrogens with two attached hydrogens (primary N) is 1. The SMILES string of the molecule is CN(CCN(Cc1ccccc1)c1cccc(N)c1)C(=O)O. The molecule has 0 unspecified atom stereocenters. The summed E-state index contributed by atoms with van der Waals surface area (Å²) in [5.74, 6) is 0. The number of carbonyl (C=O) groups is 1. The molecule has 2 rings (SSSR count). The molecule has 0 aliphatic carbocycles. The second-order valence-corrected chi connectivity index (χ2v) is 5.21. The molecule has 22 heavy (non-hydrogen) atoms. The fourth-order valence-corrected chi connectivity index (χ4v) is 2.19. The summed E-state index contributed by atoms with van der Waals surface area (Å²) in [5.41, 5.74) is 8.72. The zero-order valence-electron chi connectivity index (χ0n) is 12.6. The van der Waals surface area contributed by atoms with Crippen molar-refractivity contribution in [3.8, 4) is 0 Å². The molecule has 0 fully saturated rings. The molecule has 0 saturated carbocycles. The van der Waals surface area contributed by atoms with E-state index in [2.05, 4.69) is 17.0 Å². The fourth-order valence-electron chi connectivity index (χ4n) is 2.19. The van der Waals surface area contributed by atoms with Gasteiger partial charge in [-0.2, -0.15) is 0 Å². The second kappa shape index (κ2) is 7.36. The molecular formula is C17H21N3O2. The minimum Gasteiger partial charge on any atom is -0.465 e. The zero-order chi connectivity index (χ0) is 15.9. The number of likely N-dealkylation sites (N-methyl/N-ethyl adjacent to an activating group) is 1. The molecule has 0 aliphatic rings. The molecule has 0 heterocycles. The molecular weight excluding hydrogens is 278 g/mol. The minimum atomic E-state index is -0.924. The van der Waals surface area contributed by atoms with Gasteiger partial charge in [-0.05, 0) is 23.8 Å². The lowest BCUT2D eigenvalue weighted by atomic mass is 10.2. The summed E-state index contributed by atoms with van der Waals surface area (Å²) in [7, 11) is 1.57. The van der Waals surface area contributed by atoms with Crippen LogP contribution in [0, 0.1) is 0 Å². The number of benzene rings is 2. The highest BCUT2D eigenvalue weighted by molar-refractivity contribution is 5.64. The largest absolute Gasteiger partial charge is 0.465 e. The van der Waals surface area contributed by atoms with Crippen molar-refractivity contribution in [3.63, 3.8) is 0 Å². The van der Waals surface area contributed by atoms with Crippen LogP contribution in [0.25, 0.3) is 0 Å². The van der Waals surface area contributed by atoms with E-state index in [1.165, 1.54) is 10.5 Å². The average molecular weight is 299 g/mol. The van der Waals surface area contributed by atoms with Crippen LogP contribution < -0.4 is 10.6 Å². The van der Waals surface area contributed by atoms with E-state index in [1.807, 2.05) is 42.5 Å². The molecule has 5 heteroatoms. The zero-order valence-corrected chi connectivity index (χ0v) is 12.6. The molecule has 2 aromatic rings. The van der Waals surface area contributed by atoms with E-state index in [0.717, 1.165) is 5.69 Å². The molecule has 0 radical (unpaired) electrons. The molecule has 3 N–H and O–H groups in total. The predicted octanol–water partition coefficient (Wildman–Crippen LogP) is 2.89. The topological polar surface area (TPSA) is 69.8 Å². The summed E-state index contributed by atoms with van der Waals surface area (Å²) in [6, 6.07) is 17.7. The Bertz CT molecular complexity index is 616. The third-order valence-corrected chi connectivity index (χ3v) is 3.48. The van der Waals surface area contributed by atoms with Crippen LogP contribution in [-0.2, 0) is 6.54 Å². The number of hydrogen-bond acceptors (Lipinski definition) is 3. The Hall–Kier alpha value is -2.69. The van der Waals surface area contributed by atoms with Gasteiger partial charge in [0.25, 0.3) is 0 Å². The molecule has 1 amide bonds. The van der Waals surface area contributed by atoms with E-state index in [0.29, 0.717) is 25.3 Å². The van der Waals surface area contributed by atoms with Gasteiger partial charge in [-0.3, -0.25) is 0 Å². The molecule has 0 saturated heterocycles. The van der Waals surface area contributed by atoms with Crippen molar-refractivity contribution in [1.82, 2.24) is 4.90 Å². The third kappa shape index (κ3) is 4.41. The van der Waals surface area contributed by atoms with E-state index >= 15 is 0 Å². The molecule has 0 atom stereocenters. The lowest BCUT2D eigenvalue weighted by Gasteiger charge is -2.27. The Morgan fingerprint density at radius 1 is 1.09 bits per heavy atom. The van der Waals surface area contributed by atoms with Crippen molar-refractivity contribution in [2.45, 2.75) is 6.54 Å². The summed E-state index contributed by atoms with van der Waals surface area (Å²) >= 11 is 0. The van der Waals surface area contributed by atoms with Gasteiger partial charge in [0.2, 0.25) is 0 Å². The number of nitrogens with zero attached hydrogens (tertiary/aromatic N) is 2. The number of amides is 1. The minimum absolute atomic E-state index is 0.428. The van der Waals surface area contributed by atoms with E-state index in [4.69, 9.17) is 10.8 Å².